The number of hydrogen-bond donors (Lipinski definition) is 0. The van der Waals surface area contributed by atoms with Crippen LogP contribution in [0.1, 0.15) is 19.5 Å². The van der Waals surface area contributed by atoms with Gasteiger partial charge in [-0.3, -0.25) is 0 Å². The van der Waals surface area contributed by atoms with E-state index in [-0.39, 0.29) is 5.60 Å². The quantitative estimate of drug-likeness (QED) is 0.790. The maximum absolute atomic E-state index is 8.93. The molecule has 0 spiro atoms. The monoisotopic (exact) mass is 296 g/mol. The minimum absolute atomic E-state index is 0.207. The van der Waals surface area contributed by atoms with Gasteiger partial charge in [-0.05, 0) is 29.8 Å². The summed E-state index contributed by atoms with van der Waals surface area (Å²) in [5, 5.41) is 8.93. The first-order valence-corrected chi connectivity index (χ1v) is 6.13. The van der Waals surface area contributed by atoms with Gasteiger partial charge in [0.1, 0.15) is 6.07 Å². The number of nitriles is 1. The van der Waals surface area contributed by atoms with Gasteiger partial charge < -0.3 is 9.64 Å². The summed E-state index contributed by atoms with van der Waals surface area (Å²) in [6.45, 7) is 6.18. The van der Waals surface area contributed by atoms with Crippen molar-refractivity contribution in [2.75, 3.05) is 24.6 Å². The van der Waals surface area contributed by atoms with Gasteiger partial charge in [0, 0.05) is 19.3 Å². The number of hydrogen-bond acceptors (Lipinski definition) is 5. The van der Waals surface area contributed by atoms with Crippen molar-refractivity contribution in [3.05, 3.63) is 16.4 Å². The van der Waals surface area contributed by atoms with Crippen molar-refractivity contribution in [1.29, 1.82) is 5.26 Å². The van der Waals surface area contributed by atoms with Gasteiger partial charge in [0.15, 0.2) is 5.69 Å². The SMILES string of the molecule is CC1(C)CN(c2ncc(Br)c(C#N)n2)CCO1. The molecule has 1 aromatic heterocycles. The highest BCUT2D eigenvalue weighted by Crippen LogP contribution is 2.22. The number of nitrogens with zero attached hydrogens (tertiary/aromatic N) is 4. The van der Waals surface area contributed by atoms with Crippen LogP contribution >= 0.6 is 15.9 Å². The molecule has 1 saturated heterocycles. The minimum atomic E-state index is -0.207. The number of rotatable bonds is 1. The third kappa shape index (κ3) is 2.73. The number of halogens is 1. The van der Waals surface area contributed by atoms with Crippen LogP contribution in [0.15, 0.2) is 10.7 Å². The number of ether oxygens (including phenoxy) is 1. The molecular weight excluding hydrogens is 284 g/mol. The zero-order valence-corrected chi connectivity index (χ0v) is 11.4. The highest BCUT2D eigenvalue weighted by Gasteiger charge is 2.28. The second-order valence-corrected chi connectivity index (χ2v) is 5.36. The van der Waals surface area contributed by atoms with Gasteiger partial charge in [-0.15, -0.1) is 0 Å². The predicted molar refractivity (Wildman–Crippen MR) is 66.7 cm³/mol. The average molecular weight is 297 g/mol. The van der Waals surface area contributed by atoms with Crippen molar-refractivity contribution in [2.24, 2.45) is 0 Å². The zero-order chi connectivity index (χ0) is 12.5. The Hall–Kier alpha value is -1.19. The van der Waals surface area contributed by atoms with E-state index in [0.717, 1.165) is 13.1 Å². The first-order chi connectivity index (χ1) is 8.02. The number of anilines is 1. The first kappa shape index (κ1) is 12.3. The van der Waals surface area contributed by atoms with Gasteiger partial charge in [-0.25, -0.2) is 9.97 Å². The molecule has 0 amide bonds. The van der Waals surface area contributed by atoms with Gasteiger partial charge in [0.25, 0.3) is 0 Å². The van der Waals surface area contributed by atoms with Crippen molar-refractivity contribution >= 4 is 21.9 Å². The highest BCUT2D eigenvalue weighted by atomic mass is 79.9. The molecule has 1 aromatic rings. The third-order valence-electron chi connectivity index (χ3n) is 2.55. The maximum Gasteiger partial charge on any atom is 0.226 e. The molecule has 0 unspecified atom stereocenters. The van der Waals surface area contributed by atoms with Crippen molar-refractivity contribution in [3.8, 4) is 6.07 Å². The van der Waals surface area contributed by atoms with Crippen LogP contribution < -0.4 is 4.90 Å². The molecule has 0 saturated carbocycles. The average Bonchev–Trinajstić information content (AvgIpc) is 2.28. The summed E-state index contributed by atoms with van der Waals surface area (Å²) >= 11 is 3.25. The largest absolute Gasteiger partial charge is 0.372 e. The topological polar surface area (TPSA) is 62.0 Å². The Morgan fingerprint density at radius 1 is 1.59 bits per heavy atom. The Bertz CT molecular complexity index is 469. The minimum Gasteiger partial charge on any atom is -0.372 e. The van der Waals surface area contributed by atoms with Crippen LogP contribution in [0, 0.1) is 11.3 Å². The second-order valence-electron chi connectivity index (χ2n) is 4.51. The van der Waals surface area contributed by atoms with Gasteiger partial charge >= 0.3 is 0 Å². The summed E-state index contributed by atoms with van der Waals surface area (Å²) in [5.41, 5.74) is 0.154. The molecule has 1 aliphatic rings. The molecule has 90 valence electrons. The van der Waals surface area contributed by atoms with Gasteiger partial charge in [0.2, 0.25) is 5.95 Å². The Morgan fingerprint density at radius 2 is 2.35 bits per heavy atom. The molecule has 0 atom stereocenters. The van der Waals surface area contributed by atoms with E-state index in [4.69, 9.17) is 10.00 Å². The summed E-state index contributed by atoms with van der Waals surface area (Å²) in [4.78, 5) is 10.5. The third-order valence-corrected chi connectivity index (χ3v) is 3.13. The van der Waals surface area contributed by atoms with Crippen molar-refractivity contribution in [3.63, 3.8) is 0 Å². The number of morpholine rings is 1. The van der Waals surface area contributed by atoms with E-state index in [1.54, 1.807) is 6.20 Å². The standard InChI is InChI=1S/C11H13BrN4O/c1-11(2)7-16(3-4-17-11)10-14-6-8(12)9(5-13)15-10/h6H,3-4,7H2,1-2H3. The van der Waals surface area contributed by atoms with E-state index in [2.05, 4.69) is 25.9 Å². The maximum atomic E-state index is 8.93. The summed E-state index contributed by atoms with van der Waals surface area (Å²) in [7, 11) is 0. The van der Waals surface area contributed by atoms with Crippen LogP contribution in [0.3, 0.4) is 0 Å². The fraction of sp³-hybridized carbons (Fsp3) is 0.545. The van der Waals surface area contributed by atoms with Crippen LogP contribution in [0.5, 0.6) is 0 Å². The molecule has 1 fully saturated rings. The van der Waals surface area contributed by atoms with Crippen molar-refractivity contribution < 1.29 is 4.74 Å². The Kier molecular flexibility index (Phi) is 3.31. The molecule has 0 aromatic carbocycles. The highest BCUT2D eigenvalue weighted by molar-refractivity contribution is 9.10. The molecule has 17 heavy (non-hydrogen) atoms. The first-order valence-electron chi connectivity index (χ1n) is 5.33. The summed E-state index contributed by atoms with van der Waals surface area (Å²) < 4.78 is 6.25. The van der Waals surface area contributed by atoms with E-state index in [1.165, 1.54) is 0 Å². The van der Waals surface area contributed by atoms with E-state index in [0.29, 0.717) is 22.7 Å². The van der Waals surface area contributed by atoms with Crippen molar-refractivity contribution in [2.45, 2.75) is 19.4 Å². The molecule has 0 bridgehead atoms. The second kappa shape index (κ2) is 4.59. The molecule has 0 aliphatic carbocycles. The summed E-state index contributed by atoms with van der Waals surface area (Å²) in [5.74, 6) is 0.584. The predicted octanol–water partition coefficient (Wildman–Crippen LogP) is 1.73. The van der Waals surface area contributed by atoms with Gasteiger partial charge in [-0.1, -0.05) is 0 Å². The van der Waals surface area contributed by atoms with E-state index in [1.807, 2.05) is 24.8 Å². The Morgan fingerprint density at radius 3 is 3.00 bits per heavy atom. The summed E-state index contributed by atoms with van der Waals surface area (Å²) in [6, 6.07) is 2.04. The van der Waals surface area contributed by atoms with Crippen LogP contribution in [0.25, 0.3) is 0 Å². The lowest BCUT2D eigenvalue weighted by Crippen LogP contribution is -2.49. The fourth-order valence-corrected chi connectivity index (χ4v) is 2.06. The van der Waals surface area contributed by atoms with Gasteiger partial charge in [-0.2, -0.15) is 5.26 Å². The molecule has 1 aliphatic heterocycles. The van der Waals surface area contributed by atoms with E-state index < -0.39 is 0 Å². The smallest absolute Gasteiger partial charge is 0.226 e. The summed E-state index contributed by atoms with van der Waals surface area (Å²) in [6.07, 6.45) is 1.61. The Labute approximate surface area is 109 Å². The molecule has 2 heterocycles. The zero-order valence-electron chi connectivity index (χ0n) is 9.77. The molecule has 0 N–H and O–H groups in total. The molecule has 5 nitrogen and oxygen atoms in total. The van der Waals surface area contributed by atoms with E-state index >= 15 is 0 Å². The molecule has 2 rings (SSSR count). The lowest BCUT2D eigenvalue weighted by molar-refractivity contribution is -0.0281. The van der Waals surface area contributed by atoms with Crippen LogP contribution in [-0.4, -0.2) is 35.3 Å². The fourth-order valence-electron chi connectivity index (χ4n) is 1.78. The van der Waals surface area contributed by atoms with Gasteiger partial charge in [0.05, 0.1) is 16.7 Å². The molecule has 0 radical (unpaired) electrons. The normalized spacial score (nSPS) is 18.8. The lowest BCUT2D eigenvalue weighted by atomic mass is 10.1. The Balaban J connectivity index is 2.26. The van der Waals surface area contributed by atoms with Crippen molar-refractivity contribution in [1.82, 2.24) is 9.97 Å². The molecule has 6 heteroatoms. The van der Waals surface area contributed by atoms with Crippen LogP contribution in [-0.2, 0) is 4.74 Å². The number of aromatic nitrogens is 2. The molecular formula is C11H13BrN4O. The van der Waals surface area contributed by atoms with E-state index in [9.17, 15) is 0 Å². The lowest BCUT2D eigenvalue weighted by Gasteiger charge is -2.38. The van der Waals surface area contributed by atoms with Crippen LogP contribution in [0.2, 0.25) is 0 Å². The van der Waals surface area contributed by atoms with Crippen LogP contribution in [0.4, 0.5) is 5.95 Å².